The van der Waals surface area contributed by atoms with Gasteiger partial charge in [0.2, 0.25) is 0 Å². The molecule has 1 heterocycles. The Balaban J connectivity index is 1.55. The highest BCUT2D eigenvalue weighted by atomic mass is 16.6. The second kappa shape index (κ2) is 5.53. The number of methoxy groups -OCH3 is 1. The van der Waals surface area contributed by atoms with Crippen LogP contribution in [0.3, 0.4) is 0 Å². The zero-order chi connectivity index (χ0) is 18.9. The molecule has 5 atom stereocenters. The molecule has 3 nitrogen and oxygen atoms in total. The van der Waals surface area contributed by atoms with E-state index >= 15 is 0 Å². The summed E-state index contributed by atoms with van der Waals surface area (Å²) in [6.07, 6.45) is 13.5. The molecule has 4 aliphatic carbocycles. The molecule has 5 rings (SSSR count). The fourth-order valence-electron chi connectivity index (χ4n) is 6.66. The lowest BCUT2D eigenvalue weighted by molar-refractivity contribution is -0.165. The molecule has 1 saturated carbocycles. The molecule has 2 unspecified atom stereocenters. The van der Waals surface area contributed by atoms with Crippen molar-refractivity contribution in [2.45, 2.75) is 64.4 Å². The number of esters is 1. The van der Waals surface area contributed by atoms with Crippen LogP contribution in [0.15, 0.2) is 35.1 Å². The van der Waals surface area contributed by atoms with Crippen molar-refractivity contribution in [1.29, 1.82) is 0 Å². The van der Waals surface area contributed by atoms with Crippen molar-refractivity contribution in [3.8, 4) is 11.8 Å². The molecule has 142 valence electrons. The number of carbonyl (C=O) groups excluding carboxylic acids is 1. The average molecular weight is 364 g/mol. The van der Waals surface area contributed by atoms with E-state index in [0.717, 1.165) is 44.3 Å². The molecular weight excluding hydrogens is 336 g/mol. The van der Waals surface area contributed by atoms with Crippen molar-refractivity contribution in [1.82, 2.24) is 0 Å². The number of ether oxygens (including phenoxy) is 2. The predicted octanol–water partition coefficient (Wildman–Crippen LogP) is 4.70. The van der Waals surface area contributed by atoms with Crippen LogP contribution in [0, 0.1) is 34.5 Å². The van der Waals surface area contributed by atoms with Gasteiger partial charge in [-0.05, 0) is 55.6 Å². The van der Waals surface area contributed by atoms with Crippen LogP contribution in [0.5, 0.6) is 0 Å². The Bertz CT molecular complexity index is 866. The molecule has 5 aliphatic rings. The largest absolute Gasteiger partial charge is 0.501 e. The summed E-state index contributed by atoms with van der Waals surface area (Å²) in [5, 5.41) is 0. The first-order valence-electron chi connectivity index (χ1n) is 10.3. The van der Waals surface area contributed by atoms with Crippen molar-refractivity contribution in [2.75, 3.05) is 7.11 Å². The lowest BCUT2D eigenvalue weighted by Crippen LogP contribution is -2.52. The highest BCUT2D eigenvalue weighted by Gasteiger charge is 2.64. The van der Waals surface area contributed by atoms with Crippen LogP contribution in [0.1, 0.15) is 58.8 Å². The van der Waals surface area contributed by atoms with Gasteiger partial charge in [-0.15, -0.1) is 0 Å². The number of fused-ring (bicyclic) bond motifs is 6. The van der Waals surface area contributed by atoms with Gasteiger partial charge in [-0.2, -0.15) is 0 Å². The highest BCUT2D eigenvalue weighted by molar-refractivity contribution is 5.75. The Morgan fingerprint density at radius 3 is 2.89 bits per heavy atom. The molecule has 0 bridgehead atoms. The van der Waals surface area contributed by atoms with E-state index in [1.807, 2.05) is 0 Å². The van der Waals surface area contributed by atoms with Gasteiger partial charge in [0.1, 0.15) is 6.42 Å². The summed E-state index contributed by atoms with van der Waals surface area (Å²) >= 11 is 0. The van der Waals surface area contributed by atoms with Crippen molar-refractivity contribution < 1.29 is 14.3 Å². The molecule has 0 radical (unpaired) electrons. The van der Waals surface area contributed by atoms with Gasteiger partial charge >= 0.3 is 5.97 Å². The molecule has 3 heteroatoms. The lowest BCUT2D eigenvalue weighted by atomic mass is 9.52. The van der Waals surface area contributed by atoms with Crippen LogP contribution in [0.25, 0.3) is 0 Å². The van der Waals surface area contributed by atoms with E-state index < -0.39 is 5.60 Å². The van der Waals surface area contributed by atoms with Crippen LogP contribution in [-0.2, 0) is 14.3 Å². The zero-order valence-corrected chi connectivity index (χ0v) is 16.6. The quantitative estimate of drug-likeness (QED) is 0.384. The van der Waals surface area contributed by atoms with Crippen LogP contribution in [0.2, 0.25) is 0 Å². The Hall–Kier alpha value is -1.95. The summed E-state index contributed by atoms with van der Waals surface area (Å²) in [6, 6.07) is 0. The first kappa shape index (κ1) is 17.2. The van der Waals surface area contributed by atoms with Gasteiger partial charge in [0, 0.05) is 17.3 Å². The summed E-state index contributed by atoms with van der Waals surface area (Å²) in [7, 11) is 1.77. The lowest BCUT2D eigenvalue weighted by Gasteiger charge is -2.53. The third-order valence-corrected chi connectivity index (χ3v) is 8.31. The Morgan fingerprint density at radius 1 is 1.26 bits per heavy atom. The van der Waals surface area contributed by atoms with Crippen LogP contribution in [0.4, 0.5) is 0 Å². The van der Waals surface area contributed by atoms with Gasteiger partial charge in [0.25, 0.3) is 0 Å². The number of allylic oxidation sites excluding steroid dienone is 6. The normalized spacial score (nSPS) is 44.6. The minimum absolute atomic E-state index is 0.0753. The second-order valence-corrected chi connectivity index (χ2v) is 9.35. The molecule has 0 aromatic heterocycles. The molecule has 1 fully saturated rings. The summed E-state index contributed by atoms with van der Waals surface area (Å²) in [6.45, 7) is 4.73. The fraction of sp³-hybridized carbons (Fsp3) is 0.625. The summed E-state index contributed by atoms with van der Waals surface area (Å²) < 4.78 is 11.5. The molecular formula is C24H28O3. The zero-order valence-electron chi connectivity index (χ0n) is 16.6. The molecule has 1 spiro atoms. The maximum atomic E-state index is 12.1. The van der Waals surface area contributed by atoms with Crippen molar-refractivity contribution in [3.63, 3.8) is 0 Å². The third kappa shape index (κ3) is 2.13. The first-order valence-corrected chi connectivity index (χ1v) is 10.3. The van der Waals surface area contributed by atoms with Crippen molar-refractivity contribution in [3.05, 3.63) is 35.1 Å². The number of hydrogen-bond acceptors (Lipinski definition) is 3. The highest BCUT2D eigenvalue weighted by Crippen LogP contribution is 2.65. The van der Waals surface area contributed by atoms with Crippen LogP contribution < -0.4 is 0 Å². The Morgan fingerprint density at radius 2 is 2.11 bits per heavy atom. The summed E-state index contributed by atoms with van der Waals surface area (Å²) in [4.78, 5) is 12.1. The number of hydrogen-bond donors (Lipinski definition) is 0. The smallest absolute Gasteiger partial charge is 0.319 e. The molecule has 0 saturated heterocycles. The van der Waals surface area contributed by atoms with E-state index in [4.69, 9.17) is 9.47 Å². The van der Waals surface area contributed by atoms with Crippen LogP contribution >= 0.6 is 0 Å². The fourth-order valence-corrected chi connectivity index (χ4v) is 6.66. The average Bonchev–Trinajstić information content (AvgIpc) is 2.93. The van der Waals surface area contributed by atoms with E-state index in [0.29, 0.717) is 11.8 Å². The van der Waals surface area contributed by atoms with Crippen molar-refractivity contribution in [2.24, 2.45) is 22.7 Å². The SMILES string of the molecule is COC1=CC2=CCC3C(=CC[C@@]4(C)C3CC[C@@]43C#CCC(=O)O3)[C@@]2(C)CC1. The van der Waals surface area contributed by atoms with E-state index in [9.17, 15) is 4.79 Å². The molecule has 0 aromatic rings. The molecule has 27 heavy (non-hydrogen) atoms. The Kier molecular flexibility index (Phi) is 3.52. The van der Waals surface area contributed by atoms with E-state index in [1.165, 1.54) is 5.57 Å². The molecule has 1 aliphatic heterocycles. The predicted molar refractivity (Wildman–Crippen MR) is 103 cm³/mol. The number of carbonyl (C=O) groups is 1. The second-order valence-electron chi connectivity index (χ2n) is 9.35. The monoisotopic (exact) mass is 364 g/mol. The summed E-state index contributed by atoms with van der Waals surface area (Å²) in [5.41, 5.74) is 2.51. The van der Waals surface area contributed by atoms with Crippen molar-refractivity contribution >= 4 is 5.97 Å². The first-order chi connectivity index (χ1) is 12.9. The molecule has 0 N–H and O–H groups in total. The topological polar surface area (TPSA) is 35.5 Å². The number of rotatable bonds is 1. The van der Waals surface area contributed by atoms with E-state index in [-0.39, 0.29) is 23.2 Å². The van der Waals surface area contributed by atoms with Gasteiger partial charge < -0.3 is 9.47 Å². The standard InChI is InChI=1S/C24H28O3/c1-22-12-8-17(26-3)15-16(22)6-7-18-19(22)9-13-23(2)20(18)10-14-24(23)11-4-5-21(25)27-24/h6,9,15,18,20H,5,7-8,10,12-14H2,1-3H3/t18?,20?,22-,23-,24-/m0/s1. The van der Waals surface area contributed by atoms with E-state index in [2.05, 4.69) is 43.9 Å². The molecule has 0 aromatic carbocycles. The Labute approximate surface area is 161 Å². The maximum Gasteiger partial charge on any atom is 0.319 e. The van der Waals surface area contributed by atoms with Gasteiger partial charge in [0.15, 0.2) is 5.60 Å². The summed E-state index contributed by atoms with van der Waals surface area (Å²) in [5.74, 6) is 8.48. The van der Waals surface area contributed by atoms with Gasteiger partial charge in [-0.25, -0.2) is 0 Å². The minimum Gasteiger partial charge on any atom is -0.501 e. The van der Waals surface area contributed by atoms with Gasteiger partial charge in [-0.1, -0.05) is 43.4 Å². The molecule has 0 amide bonds. The van der Waals surface area contributed by atoms with Gasteiger partial charge in [-0.3, -0.25) is 4.79 Å². The van der Waals surface area contributed by atoms with Gasteiger partial charge in [0.05, 0.1) is 12.9 Å². The van der Waals surface area contributed by atoms with E-state index in [1.54, 1.807) is 12.7 Å². The minimum atomic E-state index is -0.574. The third-order valence-electron chi connectivity index (χ3n) is 8.31. The maximum absolute atomic E-state index is 12.1. The van der Waals surface area contributed by atoms with Crippen LogP contribution in [-0.4, -0.2) is 18.7 Å².